The lowest BCUT2D eigenvalue weighted by molar-refractivity contribution is -0.140. The van der Waals surface area contributed by atoms with Crippen molar-refractivity contribution in [3.63, 3.8) is 0 Å². The average Bonchev–Trinajstić information content (AvgIpc) is 3.44. The van der Waals surface area contributed by atoms with Crippen LogP contribution in [0, 0.1) is 13.8 Å². The molecular formula is C32H38ClN3O4S. The maximum absolute atomic E-state index is 14.3. The highest BCUT2D eigenvalue weighted by molar-refractivity contribution is 7.92. The third-order valence-electron chi connectivity index (χ3n) is 7.69. The Hall–Kier alpha value is -3.36. The van der Waals surface area contributed by atoms with Gasteiger partial charge in [0.2, 0.25) is 21.8 Å². The highest BCUT2D eigenvalue weighted by Gasteiger charge is 2.34. The Morgan fingerprint density at radius 2 is 1.61 bits per heavy atom. The van der Waals surface area contributed by atoms with Crippen LogP contribution in [0.4, 0.5) is 5.69 Å². The van der Waals surface area contributed by atoms with Crippen LogP contribution in [0.3, 0.4) is 0 Å². The van der Waals surface area contributed by atoms with Crippen LogP contribution in [-0.2, 0) is 32.6 Å². The van der Waals surface area contributed by atoms with Crippen molar-refractivity contribution in [3.8, 4) is 0 Å². The summed E-state index contributed by atoms with van der Waals surface area (Å²) in [4.78, 5) is 29.7. The fraction of sp³-hybridized carbons (Fsp3) is 0.375. The number of anilines is 1. The summed E-state index contributed by atoms with van der Waals surface area (Å²) in [5, 5.41) is 3.55. The molecule has 1 aliphatic rings. The van der Waals surface area contributed by atoms with Gasteiger partial charge in [-0.2, -0.15) is 0 Å². The van der Waals surface area contributed by atoms with E-state index in [1.54, 1.807) is 25.1 Å². The Labute approximate surface area is 248 Å². The maximum Gasteiger partial charge on any atom is 0.244 e. The summed E-state index contributed by atoms with van der Waals surface area (Å²) >= 11 is 6.23. The van der Waals surface area contributed by atoms with Gasteiger partial charge in [0, 0.05) is 24.0 Å². The van der Waals surface area contributed by atoms with Gasteiger partial charge in [0.1, 0.15) is 12.6 Å². The molecule has 218 valence electrons. The summed E-state index contributed by atoms with van der Waals surface area (Å²) in [5.74, 6) is -0.701. The van der Waals surface area contributed by atoms with Crippen LogP contribution in [-0.4, -0.2) is 50.0 Å². The van der Waals surface area contributed by atoms with Crippen LogP contribution in [0.15, 0.2) is 72.8 Å². The number of nitrogens with zero attached hydrogens (tertiary/aromatic N) is 2. The molecule has 0 aromatic heterocycles. The number of rotatable bonds is 11. The molecule has 0 unspecified atom stereocenters. The molecular weight excluding hydrogens is 558 g/mol. The lowest BCUT2D eigenvalue weighted by atomic mass is 10.0. The van der Waals surface area contributed by atoms with Crippen LogP contribution in [0.1, 0.15) is 47.9 Å². The summed E-state index contributed by atoms with van der Waals surface area (Å²) in [6.07, 6.45) is 5.30. The zero-order chi connectivity index (χ0) is 29.6. The Kier molecular flexibility index (Phi) is 10.1. The van der Waals surface area contributed by atoms with E-state index in [2.05, 4.69) is 5.32 Å². The number of nitrogens with one attached hydrogen (secondary N) is 1. The molecule has 2 amide bonds. The van der Waals surface area contributed by atoms with Crippen molar-refractivity contribution in [3.05, 3.63) is 100 Å². The number of hydrogen-bond acceptors (Lipinski definition) is 4. The molecule has 0 spiro atoms. The van der Waals surface area contributed by atoms with Crippen LogP contribution in [0.25, 0.3) is 0 Å². The standard InChI is InChI=1S/C32H38ClN3O4S/c1-23-11-7-8-14-26(23)21-35(31(37)22-36(41(3,39)40)29-20-27(33)18-17-24(29)2)30(19-25-12-5-4-6-13-25)32(38)34-28-15-9-10-16-28/h4-8,11-14,17-18,20,28,30H,9-10,15-16,19,21-22H2,1-3H3,(H,34,38)/t30-/m0/s1. The monoisotopic (exact) mass is 595 g/mol. The van der Waals surface area contributed by atoms with Crippen molar-refractivity contribution in [2.45, 2.75) is 64.6 Å². The topological polar surface area (TPSA) is 86.8 Å². The molecule has 7 nitrogen and oxygen atoms in total. The van der Waals surface area contributed by atoms with E-state index in [0.29, 0.717) is 22.7 Å². The number of hydrogen-bond donors (Lipinski definition) is 1. The molecule has 0 bridgehead atoms. The smallest absolute Gasteiger partial charge is 0.244 e. The lowest BCUT2D eigenvalue weighted by Crippen LogP contribution is -2.54. The van der Waals surface area contributed by atoms with E-state index in [1.807, 2.05) is 61.5 Å². The second-order valence-electron chi connectivity index (χ2n) is 10.8. The zero-order valence-electron chi connectivity index (χ0n) is 23.8. The predicted molar refractivity (Wildman–Crippen MR) is 164 cm³/mol. The first-order valence-electron chi connectivity index (χ1n) is 13.9. The van der Waals surface area contributed by atoms with Crippen LogP contribution in [0.2, 0.25) is 5.02 Å². The first-order valence-corrected chi connectivity index (χ1v) is 16.2. The number of sulfonamides is 1. The number of carbonyl (C=O) groups excluding carboxylic acids is 2. The Morgan fingerprint density at radius 3 is 2.27 bits per heavy atom. The van der Waals surface area contributed by atoms with E-state index in [4.69, 9.17) is 11.6 Å². The largest absolute Gasteiger partial charge is 0.352 e. The molecule has 1 N–H and O–H groups in total. The first kappa shape index (κ1) is 30.6. The molecule has 4 rings (SSSR count). The second-order valence-corrected chi connectivity index (χ2v) is 13.2. The minimum absolute atomic E-state index is 0.0674. The third-order valence-corrected chi connectivity index (χ3v) is 9.06. The minimum atomic E-state index is -3.86. The lowest BCUT2D eigenvalue weighted by Gasteiger charge is -2.34. The molecule has 3 aromatic rings. The molecule has 1 fully saturated rings. The van der Waals surface area contributed by atoms with Crippen molar-refractivity contribution in [2.75, 3.05) is 17.1 Å². The highest BCUT2D eigenvalue weighted by Crippen LogP contribution is 2.27. The highest BCUT2D eigenvalue weighted by atomic mass is 35.5. The minimum Gasteiger partial charge on any atom is -0.352 e. The molecule has 9 heteroatoms. The van der Waals surface area contributed by atoms with E-state index < -0.39 is 28.5 Å². The van der Waals surface area contributed by atoms with Gasteiger partial charge in [-0.25, -0.2) is 8.42 Å². The molecule has 0 radical (unpaired) electrons. The molecule has 41 heavy (non-hydrogen) atoms. The van der Waals surface area contributed by atoms with Gasteiger partial charge in [-0.3, -0.25) is 13.9 Å². The number of amides is 2. The van der Waals surface area contributed by atoms with Gasteiger partial charge >= 0.3 is 0 Å². The van der Waals surface area contributed by atoms with Gasteiger partial charge in [-0.05, 0) is 61.1 Å². The summed E-state index contributed by atoms with van der Waals surface area (Å²) in [6, 6.07) is 21.5. The van der Waals surface area contributed by atoms with E-state index in [1.165, 1.54) is 4.90 Å². The number of aryl methyl sites for hydroxylation is 2. The number of halogens is 1. The number of benzene rings is 3. The van der Waals surface area contributed by atoms with E-state index >= 15 is 0 Å². The normalized spacial score (nSPS) is 14.4. The van der Waals surface area contributed by atoms with Crippen LogP contribution < -0.4 is 9.62 Å². The van der Waals surface area contributed by atoms with Gasteiger partial charge in [0.15, 0.2) is 0 Å². The number of carbonyl (C=O) groups is 2. The molecule has 3 aromatic carbocycles. The van der Waals surface area contributed by atoms with E-state index in [0.717, 1.165) is 52.9 Å². The van der Waals surface area contributed by atoms with Crippen molar-refractivity contribution < 1.29 is 18.0 Å². The maximum atomic E-state index is 14.3. The van der Waals surface area contributed by atoms with E-state index in [-0.39, 0.29) is 18.5 Å². The first-order chi connectivity index (χ1) is 19.5. The predicted octanol–water partition coefficient (Wildman–Crippen LogP) is 5.42. The molecule has 1 saturated carbocycles. The van der Waals surface area contributed by atoms with Crippen molar-refractivity contribution >= 4 is 39.1 Å². The van der Waals surface area contributed by atoms with Gasteiger partial charge in [0.25, 0.3) is 0 Å². The van der Waals surface area contributed by atoms with E-state index in [9.17, 15) is 18.0 Å². The Balaban J connectivity index is 1.75. The van der Waals surface area contributed by atoms with Crippen molar-refractivity contribution in [2.24, 2.45) is 0 Å². The fourth-order valence-electron chi connectivity index (χ4n) is 5.34. The molecule has 1 aliphatic carbocycles. The zero-order valence-corrected chi connectivity index (χ0v) is 25.4. The molecule has 0 saturated heterocycles. The molecule has 0 heterocycles. The van der Waals surface area contributed by atoms with Gasteiger partial charge < -0.3 is 10.2 Å². The molecule has 0 aliphatic heterocycles. The third kappa shape index (κ3) is 8.11. The Morgan fingerprint density at radius 1 is 0.951 bits per heavy atom. The summed E-state index contributed by atoms with van der Waals surface area (Å²) in [5.41, 5.74) is 3.77. The SMILES string of the molecule is Cc1ccccc1CN(C(=O)CN(c1cc(Cl)ccc1C)S(C)(=O)=O)[C@@H](Cc1ccccc1)C(=O)NC1CCCC1. The van der Waals surface area contributed by atoms with Crippen LogP contribution >= 0.6 is 11.6 Å². The average molecular weight is 596 g/mol. The van der Waals surface area contributed by atoms with Gasteiger partial charge in [-0.15, -0.1) is 0 Å². The quantitative estimate of drug-likeness (QED) is 0.321. The fourth-order valence-corrected chi connectivity index (χ4v) is 6.40. The van der Waals surface area contributed by atoms with Crippen LogP contribution in [0.5, 0.6) is 0 Å². The summed E-state index contributed by atoms with van der Waals surface area (Å²) in [7, 11) is -3.86. The van der Waals surface area contributed by atoms with Crippen molar-refractivity contribution in [1.29, 1.82) is 0 Å². The van der Waals surface area contributed by atoms with Gasteiger partial charge in [0.05, 0.1) is 11.9 Å². The Bertz CT molecular complexity index is 1470. The summed E-state index contributed by atoms with van der Waals surface area (Å²) < 4.78 is 27.1. The van der Waals surface area contributed by atoms with Gasteiger partial charge in [-0.1, -0.05) is 85.1 Å². The summed E-state index contributed by atoms with van der Waals surface area (Å²) in [6.45, 7) is 3.43. The molecule has 1 atom stereocenters. The second kappa shape index (κ2) is 13.5. The van der Waals surface area contributed by atoms with Crippen molar-refractivity contribution in [1.82, 2.24) is 10.2 Å².